The summed E-state index contributed by atoms with van der Waals surface area (Å²) in [6.45, 7) is 2.40. The highest BCUT2D eigenvalue weighted by molar-refractivity contribution is 5.94. The summed E-state index contributed by atoms with van der Waals surface area (Å²) in [6, 6.07) is 10.1. The Morgan fingerprint density at radius 2 is 1.74 bits per heavy atom. The summed E-state index contributed by atoms with van der Waals surface area (Å²) in [5, 5.41) is 20.7. The molecule has 2 rings (SSSR count). The second kappa shape index (κ2) is 7.17. The highest BCUT2D eigenvalue weighted by Crippen LogP contribution is 2.22. The number of carbonyl (C=O) groups is 2. The fraction of sp³-hybridized carbons (Fsp3) is 0.125. The average molecular weight is 317 g/mol. The van der Waals surface area contributed by atoms with Crippen LogP contribution in [0.5, 0.6) is 17.2 Å². The van der Waals surface area contributed by atoms with Gasteiger partial charge < -0.3 is 19.7 Å². The van der Waals surface area contributed by atoms with Crippen molar-refractivity contribution in [2.75, 3.05) is 11.9 Å². The van der Waals surface area contributed by atoms with Gasteiger partial charge in [-0.25, -0.2) is 9.59 Å². The molecule has 2 aromatic rings. The van der Waals surface area contributed by atoms with Gasteiger partial charge in [0, 0.05) is 5.69 Å². The van der Waals surface area contributed by atoms with Crippen molar-refractivity contribution >= 4 is 17.7 Å². The maximum absolute atomic E-state index is 11.8. The predicted molar refractivity (Wildman–Crippen MR) is 82.3 cm³/mol. The van der Waals surface area contributed by atoms with E-state index in [0.717, 1.165) is 6.07 Å². The van der Waals surface area contributed by atoms with E-state index in [2.05, 4.69) is 5.32 Å². The van der Waals surface area contributed by atoms with Crippen LogP contribution >= 0.6 is 0 Å². The summed E-state index contributed by atoms with van der Waals surface area (Å²) in [4.78, 5) is 22.7. The number of carbonyl (C=O) groups excluding carboxylic acids is 1. The summed E-state index contributed by atoms with van der Waals surface area (Å²) in [7, 11) is 0. The summed E-state index contributed by atoms with van der Waals surface area (Å²) in [5.74, 6) is -0.720. The topological polar surface area (TPSA) is 105 Å². The van der Waals surface area contributed by atoms with E-state index in [9.17, 15) is 14.7 Å². The molecule has 2 aromatic carbocycles. The summed E-state index contributed by atoms with van der Waals surface area (Å²) < 4.78 is 10.3. The molecule has 0 fully saturated rings. The van der Waals surface area contributed by atoms with E-state index < -0.39 is 12.1 Å². The minimum atomic E-state index is -1.30. The third kappa shape index (κ3) is 4.37. The molecular formula is C16H15NO6. The van der Waals surface area contributed by atoms with Crippen LogP contribution in [0.15, 0.2) is 42.5 Å². The van der Waals surface area contributed by atoms with Crippen LogP contribution in [-0.2, 0) is 0 Å². The first-order valence-electron chi connectivity index (χ1n) is 6.77. The number of hydrogen-bond acceptors (Lipinski definition) is 5. The molecular weight excluding hydrogens is 302 g/mol. The Bertz CT molecular complexity index is 711. The van der Waals surface area contributed by atoms with Crippen molar-refractivity contribution in [2.24, 2.45) is 0 Å². The number of benzene rings is 2. The number of phenols is 1. The van der Waals surface area contributed by atoms with E-state index in [4.69, 9.17) is 14.6 Å². The Labute approximate surface area is 132 Å². The lowest BCUT2D eigenvalue weighted by molar-refractivity contribution is 0.0693. The highest BCUT2D eigenvalue weighted by atomic mass is 16.6. The number of hydrogen-bond donors (Lipinski definition) is 3. The summed E-state index contributed by atoms with van der Waals surface area (Å²) in [6.07, 6.45) is -0.781. The van der Waals surface area contributed by atoms with Gasteiger partial charge in [0.1, 0.15) is 22.8 Å². The molecule has 0 heterocycles. The van der Waals surface area contributed by atoms with Gasteiger partial charge in [0.25, 0.3) is 0 Å². The van der Waals surface area contributed by atoms with Gasteiger partial charge in [-0.15, -0.1) is 0 Å². The highest BCUT2D eigenvalue weighted by Gasteiger charge is 2.12. The molecule has 0 aliphatic rings. The maximum atomic E-state index is 11.8. The zero-order chi connectivity index (χ0) is 16.8. The number of nitrogens with one attached hydrogen (secondary N) is 1. The first kappa shape index (κ1) is 16.2. The second-order valence-corrected chi connectivity index (χ2v) is 4.46. The van der Waals surface area contributed by atoms with Crippen molar-refractivity contribution < 1.29 is 29.3 Å². The number of ether oxygens (including phenoxy) is 2. The van der Waals surface area contributed by atoms with Gasteiger partial charge in [0.05, 0.1) is 6.61 Å². The molecule has 0 saturated heterocycles. The minimum Gasteiger partial charge on any atom is -0.507 e. The molecule has 120 valence electrons. The standard InChI is InChI=1S/C16H15NO6/c1-2-22-11-4-6-12(7-5-11)23-16(21)17-10-3-8-14(18)13(9-10)15(19)20/h3-9,18H,2H2,1H3,(H,17,21)(H,19,20). The predicted octanol–water partition coefficient (Wildman–Crippen LogP) is 3.10. The number of carboxylic acid groups (broad SMARTS) is 1. The van der Waals surface area contributed by atoms with Crippen LogP contribution in [0.25, 0.3) is 0 Å². The van der Waals surface area contributed by atoms with E-state index in [1.807, 2.05) is 6.92 Å². The molecule has 0 saturated carbocycles. The van der Waals surface area contributed by atoms with Gasteiger partial charge >= 0.3 is 12.1 Å². The van der Waals surface area contributed by atoms with Crippen molar-refractivity contribution in [3.8, 4) is 17.2 Å². The Kier molecular flexibility index (Phi) is 5.03. The fourth-order valence-electron chi connectivity index (χ4n) is 1.81. The van der Waals surface area contributed by atoms with Gasteiger partial charge in [-0.3, -0.25) is 5.32 Å². The molecule has 7 heteroatoms. The molecule has 0 bridgehead atoms. The molecule has 3 N–H and O–H groups in total. The number of aromatic carboxylic acids is 1. The Hall–Kier alpha value is -3.22. The van der Waals surface area contributed by atoms with E-state index in [1.165, 1.54) is 12.1 Å². The summed E-state index contributed by atoms with van der Waals surface area (Å²) in [5.41, 5.74) is -0.125. The van der Waals surface area contributed by atoms with Crippen molar-refractivity contribution in [1.82, 2.24) is 0 Å². The quantitative estimate of drug-likeness (QED) is 0.732. The third-order valence-electron chi connectivity index (χ3n) is 2.82. The van der Waals surface area contributed by atoms with Crippen molar-refractivity contribution in [2.45, 2.75) is 6.92 Å². The lowest BCUT2D eigenvalue weighted by atomic mass is 10.2. The average Bonchev–Trinajstić information content (AvgIpc) is 2.51. The molecule has 0 atom stereocenters. The maximum Gasteiger partial charge on any atom is 0.417 e. The van der Waals surface area contributed by atoms with Crippen LogP contribution in [0.4, 0.5) is 10.5 Å². The van der Waals surface area contributed by atoms with E-state index in [0.29, 0.717) is 18.1 Å². The van der Waals surface area contributed by atoms with Crippen molar-refractivity contribution in [3.05, 3.63) is 48.0 Å². The van der Waals surface area contributed by atoms with Gasteiger partial charge in [0.15, 0.2) is 0 Å². The van der Waals surface area contributed by atoms with Crippen LogP contribution in [-0.4, -0.2) is 28.9 Å². The van der Waals surface area contributed by atoms with Crippen molar-refractivity contribution in [3.63, 3.8) is 0 Å². The van der Waals surface area contributed by atoms with Gasteiger partial charge in [-0.2, -0.15) is 0 Å². The number of rotatable bonds is 5. The molecule has 0 spiro atoms. The van der Waals surface area contributed by atoms with E-state index >= 15 is 0 Å². The minimum absolute atomic E-state index is 0.191. The molecule has 23 heavy (non-hydrogen) atoms. The number of amides is 1. The van der Waals surface area contributed by atoms with Crippen LogP contribution < -0.4 is 14.8 Å². The molecule has 0 aliphatic carbocycles. The third-order valence-corrected chi connectivity index (χ3v) is 2.82. The van der Waals surface area contributed by atoms with Crippen LogP contribution in [0.3, 0.4) is 0 Å². The van der Waals surface area contributed by atoms with Crippen LogP contribution in [0.2, 0.25) is 0 Å². The number of carboxylic acids is 1. The van der Waals surface area contributed by atoms with Crippen molar-refractivity contribution in [1.29, 1.82) is 0 Å². The molecule has 0 unspecified atom stereocenters. The SMILES string of the molecule is CCOc1ccc(OC(=O)Nc2ccc(O)c(C(=O)O)c2)cc1. The molecule has 0 aliphatic heterocycles. The molecule has 0 radical (unpaired) electrons. The Morgan fingerprint density at radius 1 is 1.09 bits per heavy atom. The Morgan fingerprint density at radius 3 is 2.35 bits per heavy atom. The smallest absolute Gasteiger partial charge is 0.417 e. The largest absolute Gasteiger partial charge is 0.507 e. The summed E-state index contributed by atoms with van der Waals surface area (Å²) >= 11 is 0. The lowest BCUT2D eigenvalue weighted by Gasteiger charge is -2.09. The zero-order valence-corrected chi connectivity index (χ0v) is 12.3. The van der Waals surface area contributed by atoms with E-state index in [-0.39, 0.29) is 17.0 Å². The van der Waals surface area contributed by atoms with Crippen LogP contribution in [0, 0.1) is 0 Å². The van der Waals surface area contributed by atoms with Gasteiger partial charge in [-0.1, -0.05) is 0 Å². The first-order valence-corrected chi connectivity index (χ1v) is 6.77. The normalized spacial score (nSPS) is 9.96. The van der Waals surface area contributed by atoms with Gasteiger partial charge in [0.2, 0.25) is 0 Å². The van der Waals surface area contributed by atoms with E-state index in [1.54, 1.807) is 24.3 Å². The first-order chi connectivity index (χ1) is 11.0. The molecule has 1 amide bonds. The number of anilines is 1. The molecule has 7 nitrogen and oxygen atoms in total. The monoisotopic (exact) mass is 317 g/mol. The van der Waals surface area contributed by atoms with Crippen LogP contribution in [0.1, 0.15) is 17.3 Å². The number of aromatic hydroxyl groups is 1. The van der Waals surface area contributed by atoms with Gasteiger partial charge in [-0.05, 0) is 49.4 Å². The Balaban J connectivity index is 2.02. The zero-order valence-electron chi connectivity index (χ0n) is 12.3. The molecule has 0 aromatic heterocycles. The fourth-order valence-corrected chi connectivity index (χ4v) is 1.81. The lowest BCUT2D eigenvalue weighted by Crippen LogP contribution is -2.17. The second-order valence-electron chi connectivity index (χ2n) is 4.46.